The number of carbonyl (C=O) groups is 1. The van der Waals surface area contributed by atoms with Crippen molar-refractivity contribution in [3.63, 3.8) is 0 Å². The Balaban J connectivity index is 2.68. The smallest absolute Gasteiger partial charge is 0.253 e. The average molecular weight is 322 g/mol. The van der Waals surface area contributed by atoms with Gasteiger partial charge in [0.15, 0.2) is 0 Å². The van der Waals surface area contributed by atoms with Gasteiger partial charge in [-0.25, -0.2) is 0 Å². The van der Waals surface area contributed by atoms with Crippen molar-refractivity contribution >= 4 is 29.3 Å². The molecule has 0 radical (unpaired) electrons. The maximum atomic E-state index is 11.6. The second-order valence-corrected chi connectivity index (χ2v) is 6.29. The molecule has 1 amide bonds. The van der Waals surface area contributed by atoms with Gasteiger partial charge < -0.3 is 10.8 Å². The van der Waals surface area contributed by atoms with Crippen molar-refractivity contribution in [1.29, 1.82) is 0 Å². The predicted molar refractivity (Wildman–Crippen MR) is 88.2 cm³/mol. The van der Waals surface area contributed by atoms with E-state index >= 15 is 0 Å². The molecule has 0 saturated heterocycles. The molecule has 0 aliphatic carbocycles. The van der Waals surface area contributed by atoms with Crippen molar-refractivity contribution < 1.29 is 9.90 Å². The Bertz CT molecular complexity index is 684. The Labute approximate surface area is 133 Å². The van der Waals surface area contributed by atoms with Gasteiger partial charge in [0, 0.05) is 9.92 Å². The van der Waals surface area contributed by atoms with Crippen molar-refractivity contribution in [2.24, 2.45) is 5.73 Å². The van der Waals surface area contributed by atoms with Crippen LogP contribution in [0.1, 0.15) is 22.8 Å². The molecule has 0 spiro atoms. The van der Waals surface area contributed by atoms with Crippen LogP contribution in [0.25, 0.3) is 11.1 Å². The molecule has 0 bridgehead atoms. The van der Waals surface area contributed by atoms with E-state index in [0.717, 1.165) is 27.3 Å². The Kier molecular flexibility index (Phi) is 4.80. The van der Waals surface area contributed by atoms with E-state index in [2.05, 4.69) is 0 Å². The largest absolute Gasteiger partial charge is 0.507 e. The summed E-state index contributed by atoms with van der Waals surface area (Å²) in [6.45, 7) is 3.91. The zero-order valence-corrected chi connectivity index (χ0v) is 13.4. The highest BCUT2D eigenvalue weighted by Crippen LogP contribution is 2.39. The lowest BCUT2D eigenvalue weighted by Crippen LogP contribution is -2.13. The quantitative estimate of drug-likeness (QED) is 0.828. The fourth-order valence-corrected chi connectivity index (χ4v) is 3.33. The number of amides is 1. The Hall–Kier alpha value is -1.65. The molecule has 2 rings (SSSR count). The van der Waals surface area contributed by atoms with Crippen LogP contribution in [0.4, 0.5) is 0 Å². The normalized spacial score (nSPS) is 10.6. The summed E-state index contributed by atoms with van der Waals surface area (Å²) in [5.41, 5.74) is 8.31. The number of halogens is 1. The fraction of sp³-hybridized carbons (Fsp3) is 0.188. The summed E-state index contributed by atoms with van der Waals surface area (Å²) >= 11 is 7.40. The first-order valence-electron chi connectivity index (χ1n) is 6.50. The lowest BCUT2D eigenvalue weighted by molar-refractivity contribution is 0.0994. The van der Waals surface area contributed by atoms with Gasteiger partial charge in [0.05, 0.1) is 5.56 Å². The number of phenols is 1. The maximum Gasteiger partial charge on any atom is 0.253 e. The minimum atomic E-state index is -0.616. The van der Waals surface area contributed by atoms with E-state index in [9.17, 15) is 9.90 Å². The summed E-state index contributed by atoms with van der Waals surface area (Å²) in [6, 6.07) is 8.94. The van der Waals surface area contributed by atoms with Gasteiger partial charge in [0.1, 0.15) is 5.75 Å². The molecule has 0 saturated carbocycles. The zero-order chi connectivity index (χ0) is 15.6. The highest BCUT2D eigenvalue weighted by atomic mass is 35.5. The molecule has 21 heavy (non-hydrogen) atoms. The third kappa shape index (κ3) is 3.17. The number of hydrogen-bond acceptors (Lipinski definition) is 3. The van der Waals surface area contributed by atoms with Crippen LogP contribution in [0.3, 0.4) is 0 Å². The monoisotopic (exact) mass is 321 g/mol. The van der Waals surface area contributed by atoms with Crippen molar-refractivity contribution in [2.75, 3.05) is 5.75 Å². The number of nitrogens with two attached hydrogens (primary N) is 1. The maximum absolute atomic E-state index is 11.6. The SMILES string of the molecule is CCSc1c(C)c(-c2ccc(Cl)cc2)cc(O)c1C(N)=O. The van der Waals surface area contributed by atoms with Gasteiger partial charge in [-0.15, -0.1) is 11.8 Å². The van der Waals surface area contributed by atoms with Crippen LogP contribution in [-0.4, -0.2) is 16.8 Å². The van der Waals surface area contributed by atoms with Gasteiger partial charge in [0.25, 0.3) is 5.91 Å². The number of primary amides is 1. The van der Waals surface area contributed by atoms with Crippen LogP contribution >= 0.6 is 23.4 Å². The number of carbonyl (C=O) groups excluding carboxylic acids is 1. The minimum Gasteiger partial charge on any atom is -0.507 e. The first-order chi connectivity index (χ1) is 9.95. The predicted octanol–water partition coefficient (Wildman–Crippen LogP) is 4.23. The topological polar surface area (TPSA) is 63.3 Å². The van der Waals surface area contributed by atoms with Gasteiger partial charge >= 0.3 is 0 Å². The second-order valence-electron chi connectivity index (χ2n) is 4.58. The van der Waals surface area contributed by atoms with Gasteiger partial charge in [-0.2, -0.15) is 0 Å². The van der Waals surface area contributed by atoms with Gasteiger partial charge in [-0.3, -0.25) is 4.79 Å². The third-order valence-corrected chi connectivity index (χ3v) is 4.54. The molecule has 0 fully saturated rings. The lowest BCUT2D eigenvalue weighted by Gasteiger charge is -2.16. The van der Waals surface area contributed by atoms with Crippen LogP contribution in [0.15, 0.2) is 35.2 Å². The second kappa shape index (κ2) is 6.41. The van der Waals surface area contributed by atoms with Crippen molar-refractivity contribution in [3.8, 4) is 16.9 Å². The van der Waals surface area contributed by atoms with E-state index in [1.165, 1.54) is 11.8 Å². The molecule has 3 N–H and O–H groups in total. The zero-order valence-electron chi connectivity index (χ0n) is 11.8. The summed E-state index contributed by atoms with van der Waals surface area (Å²) in [5, 5.41) is 10.8. The van der Waals surface area contributed by atoms with E-state index in [0.29, 0.717) is 5.02 Å². The summed E-state index contributed by atoms with van der Waals surface area (Å²) in [5.74, 6) is 0.0770. The first-order valence-corrected chi connectivity index (χ1v) is 7.87. The van der Waals surface area contributed by atoms with Crippen LogP contribution < -0.4 is 5.73 Å². The van der Waals surface area contributed by atoms with Gasteiger partial charge in [-0.1, -0.05) is 30.7 Å². The van der Waals surface area contributed by atoms with E-state index < -0.39 is 5.91 Å². The van der Waals surface area contributed by atoms with E-state index in [-0.39, 0.29) is 11.3 Å². The van der Waals surface area contributed by atoms with Gasteiger partial charge in [0.2, 0.25) is 0 Å². The molecule has 5 heteroatoms. The van der Waals surface area contributed by atoms with Crippen molar-refractivity contribution in [2.45, 2.75) is 18.7 Å². The van der Waals surface area contributed by atoms with Crippen LogP contribution in [0, 0.1) is 6.92 Å². The Morgan fingerprint density at radius 1 is 1.33 bits per heavy atom. The molecule has 110 valence electrons. The first kappa shape index (κ1) is 15.7. The molecule has 0 atom stereocenters. The summed E-state index contributed by atoms with van der Waals surface area (Å²) in [7, 11) is 0. The van der Waals surface area contributed by atoms with Crippen LogP contribution in [0.5, 0.6) is 5.75 Å². The molecule has 0 unspecified atom stereocenters. The number of hydrogen-bond donors (Lipinski definition) is 2. The molecule has 0 heterocycles. The number of aromatic hydroxyl groups is 1. The molecule has 0 aliphatic rings. The molecular weight excluding hydrogens is 306 g/mol. The van der Waals surface area contributed by atoms with Crippen molar-refractivity contribution in [1.82, 2.24) is 0 Å². The van der Waals surface area contributed by atoms with Crippen LogP contribution in [-0.2, 0) is 0 Å². The van der Waals surface area contributed by atoms with Gasteiger partial charge in [-0.05, 0) is 47.6 Å². The van der Waals surface area contributed by atoms with E-state index in [4.69, 9.17) is 17.3 Å². The summed E-state index contributed by atoms with van der Waals surface area (Å²) in [4.78, 5) is 12.3. The molecule has 3 nitrogen and oxygen atoms in total. The lowest BCUT2D eigenvalue weighted by atomic mass is 9.97. The minimum absolute atomic E-state index is 0.0889. The molecular formula is C16H16ClNO2S. The fourth-order valence-electron chi connectivity index (χ4n) is 2.24. The van der Waals surface area contributed by atoms with Crippen molar-refractivity contribution in [3.05, 3.63) is 46.5 Å². The highest BCUT2D eigenvalue weighted by molar-refractivity contribution is 7.99. The average Bonchev–Trinajstić information content (AvgIpc) is 2.43. The standard InChI is InChI=1S/C16H16ClNO2S/c1-3-21-15-9(2)12(8-13(19)14(15)16(18)20)10-4-6-11(17)7-5-10/h4-8,19H,3H2,1-2H3,(H2,18,20). The molecule has 2 aromatic rings. The van der Waals surface area contributed by atoms with E-state index in [1.807, 2.05) is 26.0 Å². The number of benzene rings is 2. The molecule has 2 aromatic carbocycles. The Morgan fingerprint density at radius 3 is 2.48 bits per heavy atom. The number of rotatable bonds is 4. The number of thioether (sulfide) groups is 1. The van der Waals surface area contributed by atoms with E-state index in [1.54, 1.807) is 18.2 Å². The summed E-state index contributed by atoms with van der Waals surface area (Å²) in [6.07, 6.45) is 0. The Morgan fingerprint density at radius 2 is 1.95 bits per heavy atom. The molecule has 0 aliphatic heterocycles. The van der Waals surface area contributed by atoms with Crippen LogP contribution in [0.2, 0.25) is 5.02 Å². The highest BCUT2D eigenvalue weighted by Gasteiger charge is 2.19. The third-order valence-electron chi connectivity index (χ3n) is 3.20. The summed E-state index contributed by atoms with van der Waals surface area (Å²) < 4.78 is 0. The molecule has 0 aromatic heterocycles.